The zero-order chi connectivity index (χ0) is 45.3. The Morgan fingerprint density at radius 1 is 0.657 bits per heavy atom. The number of hydrogen-bond acceptors (Lipinski definition) is 1. The van der Waals surface area contributed by atoms with Crippen molar-refractivity contribution in [2.24, 2.45) is 0 Å². The number of allylic oxidation sites excluding steroid dienone is 1. The number of benzene rings is 8. The summed E-state index contributed by atoms with van der Waals surface area (Å²) in [6.07, 6.45) is 5.16. The van der Waals surface area contributed by atoms with Gasteiger partial charge in [-0.3, -0.25) is 0 Å². The molecule has 2 unspecified atom stereocenters. The van der Waals surface area contributed by atoms with Crippen LogP contribution in [0.1, 0.15) is 47.1 Å². The monoisotopic (exact) mass is 883 g/mol. The Morgan fingerprint density at radius 2 is 1.39 bits per heavy atom. The van der Waals surface area contributed by atoms with Crippen molar-refractivity contribution < 1.29 is 13.6 Å². The Balaban J connectivity index is 1.18. The second kappa shape index (κ2) is 14.8. The van der Waals surface area contributed by atoms with Gasteiger partial charge >= 0.3 is 5.82 Å². The van der Waals surface area contributed by atoms with E-state index in [-0.39, 0.29) is 12.0 Å². The van der Waals surface area contributed by atoms with Crippen LogP contribution in [0.2, 0.25) is 19.6 Å². The fourth-order valence-corrected chi connectivity index (χ4v) is 13.1. The predicted octanol–water partition coefficient (Wildman–Crippen LogP) is 14.7. The van der Waals surface area contributed by atoms with Gasteiger partial charge in [-0.2, -0.15) is 13.7 Å². The molecule has 3 aromatic heterocycles. The van der Waals surface area contributed by atoms with Crippen LogP contribution in [0.5, 0.6) is 0 Å². The molecule has 0 saturated heterocycles. The lowest BCUT2D eigenvalue weighted by atomic mass is 9.77. The SMILES string of the molecule is C=C1CC2C(CCc3ccc4c(oc5ccccc54)c3-c3n(-c4c(C)cc(-c5ccccc5)cc4C)c4cc5ccc6ccccc6c5cc4[n+]31)c1ccccc1-c1ccc([Si](C)(C)C)c[n+]12. The van der Waals surface area contributed by atoms with E-state index in [1.165, 1.54) is 77.1 Å². The first-order valence-corrected chi connectivity index (χ1v) is 27.5. The summed E-state index contributed by atoms with van der Waals surface area (Å²) >= 11 is 0. The molecule has 0 fully saturated rings. The third-order valence-electron chi connectivity index (χ3n) is 15.2. The van der Waals surface area contributed by atoms with Gasteiger partial charge in [-0.1, -0.05) is 148 Å². The van der Waals surface area contributed by atoms with Crippen LogP contribution < -0.4 is 14.3 Å². The van der Waals surface area contributed by atoms with E-state index < -0.39 is 8.07 Å². The van der Waals surface area contributed by atoms with Crippen LogP contribution in [0.3, 0.4) is 0 Å². The van der Waals surface area contributed by atoms with Crippen molar-refractivity contribution in [2.75, 3.05) is 0 Å². The highest BCUT2D eigenvalue weighted by atomic mass is 28.3. The zero-order valence-electron chi connectivity index (χ0n) is 38.9. The normalized spacial score (nSPS) is 16.0. The molecule has 0 saturated carbocycles. The lowest BCUT2D eigenvalue weighted by molar-refractivity contribution is -0.719. The van der Waals surface area contributed by atoms with Crippen LogP contribution in [0, 0.1) is 13.8 Å². The molecule has 0 amide bonds. The Morgan fingerprint density at radius 3 is 2.21 bits per heavy atom. The Bertz CT molecular complexity index is 3860. The van der Waals surface area contributed by atoms with Crippen LogP contribution in [0.4, 0.5) is 0 Å². The number of para-hydroxylation sites is 1. The number of nitrogens with zero attached hydrogens (tertiary/aromatic N) is 3. The summed E-state index contributed by atoms with van der Waals surface area (Å²) in [5, 5.41) is 8.68. The Labute approximate surface area is 392 Å². The standard InChI is InChI=1S/C62H53N3OSi/c1-38-32-45(41-16-8-7-9-17-41)33-39(2)60(38)65-56-35-44-25-24-42-18-10-11-19-47(42)53(44)36-57(56)64-40(3)34-55-50(48-20-12-13-21-49(48)54-31-28-46(37-63(54)55)67(4,5)6)29-26-43-27-30-52-51-22-14-15-23-58(51)66-61(52)59(43)62(64)65/h7-25,27-28,30-33,35-37,50,55H,3,26,29,34H2,1-2,4-6H3/q+2. The Hall–Kier alpha value is -7.34. The predicted molar refractivity (Wildman–Crippen MR) is 281 cm³/mol. The van der Waals surface area contributed by atoms with Crippen LogP contribution in [-0.4, -0.2) is 12.6 Å². The molecule has 5 heteroatoms. The molecule has 8 aromatic carbocycles. The fourth-order valence-electron chi connectivity index (χ4n) is 12.0. The van der Waals surface area contributed by atoms with Gasteiger partial charge in [0.05, 0.1) is 14.5 Å². The van der Waals surface area contributed by atoms with Gasteiger partial charge in [0.25, 0.3) is 0 Å². The van der Waals surface area contributed by atoms with Crippen LogP contribution in [0.25, 0.3) is 99.7 Å². The second-order valence-corrected chi connectivity index (χ2v) is 25.4. The highest BCUT2D eigenvalue weighted by molar-refractivity contribution is 6.88. The van der Waals surface area contributed by atoms with E-state index in [4.69, 9.17) is 11.0 Å². The number of aryl methyl sites for hydroxylation is 3. The van der Waals surface area contributed by atoms with Crippen molar-refractivity contribution >= 4 is 73.5 Å². The van der Waals surface area contributed by atoms with Crippen LogP contribution >= 0.6 is 0 Å². The minimum Gasteiger partial charge on any atom is -0.455 e. The number of imidazole rings is 1. The lowest BCUT2D eigenvalue weighted by Crippen LogP contribution is -2.53. The van der Waals surface area contributed by atoms with Gasteiger partial charge < -0.3 is 4.42 Å². The first-order chi connectivity index (χ1) is 32.6. The number of aromatic nitrogens is 3. The van der Waals surface area contributed by atoms with Crippen molar-refractivity contribution in [3.63, 3.8) is 0 Å². The van der Waals surface area contributed by atoms with E-state index in [1.54, 1.807) is 0 Å². The molecule has 13 rings (SSSR count). The third-order valence-corrected chi connectivity index (χ3v) is 17.2. The molecule has 11 aromatic rings. The van der Waals surface area contributed by atoms with Gasteiger partial charge in [0.15, 0.2) is 28.9 Å². The fraction of sp³-hybridized carbons (Fsp3) is 0.161. The van der Waals surface area contributed by atoms with E-state index in [9.17, 15) is 0 Å². The second-order valence-electron chi connectivity index (χ2n) is 20.3. The molecule has 5 heterocycles. The maximum Gasteiger partial charge on any atom is 0.304 e. The lowest BCUT2D eigenvalue weighted by Gasteiger charge is -2.32. The molecular weight excluding hydrogens is 831 g/mol. The van der Waals surface area contributed by atoms with Crippen molar-refractivity contribution in [3.05, 3.63) is 199 Å². The van der Waals surface area contributed by atoms with E-state index in [0.717, 1.165) is 69.3 Å². The van der Waals surface area contributed by atoms with Crippen LogP contribution in [-0.2, 0) is 6.42 Å². The molecule has 324 valence electrons. The third kappa shape index (κ3) is 6.10. The number of furan rings is 1. The largest absolute Gasteiger partial charge is 0.455 e. The minimum absolute atomic E-state index is 0.152. The minimum atomic E-state index is -1.66. The first-order valence-electron chi connectivity index (χ1n) is 24.0. The summed E-state index contributed by atoms with van der Waals surface area (Å²) in [6.45, 7) is 17.2. The first kappa shape index (κ1) is 40.0. The quantitative estimate of drug-likeness (QED) is 0.0986. The zero-order valence-corrected chi connectivity index (χ0v) is 39.9. The number of fused-ring (bicyclic) bond motifs is 18. The molecule has 4 nitrogen and oxygen atoms in total. The van der Waals surface area contributed by atoms with Gasteiger partial charge in [-0.05, 0) is 118 Å². The topological polar surface area (TPSA) is 25.8 Å². The number of hydrogen-bond donors (Lipinski definition) is 0. The highest BCUT2D eigenvalue weighted by Gasteiger charge is 2.45. The van der Waals surface area contributed by atoms with Crippen molar-refractivity contribution in [3.8, 4) is 39.5 Å². The smallest absolute Gasteiger partial charge is 0.304 e. The molecule has 0 N–H and O–H groups in total. The average Bonchev–Trinajstić information content (AvgIpc) is 3.88. The number of pyridine rings is 1. The molecule has 2 atom stereocenters. The van der Waals surface area contributed by atoms with Crippen molar-refractivity contribution in [1.82, 2.24) is 4.57 Å². The molecular formula is C62H53N3OSi+2. The molecule has 2 aliphatic rings. The molecule has 67 heavy (non-hydrogen) atoms. The molecule has 0 spiro atoms. The van der Waals surface area contributed by atoms with Gasteiger partial charge in [-0.15, -0.1) is 0 Å². The van der Waals surface area contributed by atoms with Gasteiger partial charge in [-0.25, -0.2) is 0 Å². The summed E-state index contributed by atoms with van der Waals surface area (Å²) in [6, 6.07) is 61.3. The maximum atomic E-state index is 7.17. The molecule has 0 aliphatic carbocycles. The molecule has 2 aliphatic heterocycles. The van der Waals surface area contributed by atoms with E-state index >= 15 is 0 Å². The summed E-state index contributed by atoms with van der Waals surface area (Å²) < 4.78 is 15.0. The van der Waals surface area contributed by atoms with Crippen LogP contribution in [0.15, 0.2) is 181 Å². The van der Waals surface area contributed by atoms with E-state index in [1.807, 2.05) is 0 Å². The van der Waals surface area contributed by atoms with Gasteiger partial charge in [0, 0.05) is 33.5 Å². The Kier molecular flexibility index (Phi) is 8.85. The maximum absolute atomic E-state index is 7.17. The summed E-state index contributed by atoms with van der Waals surface area (Å²) in [7, 11) is -1.66. The summed E-state index contributed by atoms with van der Waals surface area (Å²) in [5.41, 5.74) is 17.7. The summed E-state index contributed by atoms with van der Waals surface area (Å²) in [5.74, 6) is 1.35. The van der Waals surface area contributed by atoms with Crippen molar-refractivity contribution in [1.29, 1.82) is 0 Å². The van der Waals surface area contributed by atoms with Gasteiger partial charge in [0.2, 0.25) is 5.69 Å². The molecule has 0 radical (unpaired) electrons. The van der Waals surface area contributed by atoms with E-state index in [2.05, 4.69) is 217 Å². The number of rotatable bonds is 3. The summed E-state index contributed by atoms with van der Waals surface area (Å²) in [4.78, 5) is 0. The van der Waals surface area contributed by atoms with Gasteiger partial charge in [0.1, 0.15) is 22.5 Å². The molecule has 0 bridgehead atoms. The average molecular weight is 884 g/mol. The van der Waals surface area contributed by atoms with E-state index in [0.29, 0.717) is 0 Å². The highest BCUT2D eigenvalue weighted by Crippen LogP contribution is 2.48. The van der Waals surface area contributed by atoms with Crippen molar-refractivity contribution in [2.45, 2.75) is 64.7 Å².